The lowest BCUT2D eigenvalue weighted by molar-refractivity contribution is -0.0379. The zero-order valence-corrected chi connectivity index (χ0v) is 19.7. The van der Waals surface area contributed by atoms with E-state index in [4.69, 9.17) is 16.3 Å². The van der Waals surface area contributed by atoms with Crippen LogP contribution in [0.15, 0.2) is 64.2 Å². The molecule has 0 radical (unpaired) electrons. The lowest BCUT2D eigenvalue weighted by Crippen LogP contribution is -2.40. The second kappa shape index (κ2) is 8.09. The maximum Gasteiger partial charge on any atom is 0.337 e. The van der Waals surface area contributed by atoms with E-state index in [-0.39, 0.29) is 12.3 Å². The van der Waals surface area contributed by atoms with Gasteiger partial charge in [0.2, 0.25) is 0 Å². The first-order valence-electron chi connectivity index (χ1n) is 10.5. The highest BCUT2D eigenvalue weighted by Crippen LogP contribution is 2.37. The van der Waals surface area contributed by atoms with Gasteiger partial charge in [0.25, 0.3) is 5.56 Å². The minimum Gasteiger partial charge on any atom is -0.370 e. The number of nitrogens with zero attached hydrogens (tertiary/aromatic N) is 2. The van der Waals surface area contributed by atoms with Crippen LogP contribution in [0, 0.1) is 0 Å². The van der Waals surface area contributed by atoms with Crippen LogP contribution < -0.4 is 11.2 Å². The molecular weight excluding hydrogens is 460 g/mol. The van der Waals surface area contributed by atoms with Crippen LogP contribution in [0.4, 0.5) is 0 Å². The average Bonchev–Trinajstić information content (AvgIpc) is 3.15. The number of hydrogen-bond donors (Lipinski definition) is 0. The number of ketones is 1. The van der Waals surface area contributed by atoms with E-state index in [2.05, 4.69) is 0 Å². The van der Waals surface area contributed by atoms with E-state index in [0.717, 1.165) is 15.0 Å². The first kappa shape index (κ1) is 21.8. The number of Topliss-reactive ketones (excluding diaryl/α,β-unsaturated/α-hetero) is 1. The first-order chi connectivity index (χ1) is 15.7. The summed E-state index contributed by atoms with van der Waals surface area (Å²) in [7, 11) is 0. The summed E-state index contributed by atoms with van der Waals surface area (Å²) in [4.78, 5) is 41.8. The summed E-state index contributed by atoms with van der Waals surface area (Å²) in [5.74, 6) is -0.210. The monoisotopic (exact) mass is 480 g/mol. The van der Waals surface area contributed by atoms with E-state index >= 15 is 0 Å². The predicted molar refractivity (Wildman–Crippen MR) is 130 cm³/mol. The van der Waals surface area contributed by atoms with E-state index in [1.807, 2.05) is 19.9 Å². The molecule has 1 aliphatic heterocycles. The van der Waals surface area contributed by atoms with Gasteiger partial charge in [-0.2, -0.15) is 0 Å². The van der Waals surface area contributed by atoms with Crippen LogP contribution >= 0.6 is 22.9 Å². The van der Waals surface area contributed by atoms with E-state index in [1.165, 1.54) is 15.9 Å². The summed E-state index contributed by atoms with van der Waals surface area (Å²) in [6.45, 7) is 4.14. The van der Waals surface area contributed by atoms with Crippen molar-refractivity contribution in [1.29, 1.82) is 0 Å². The molecule has 0 bridgehead atoms. The van der Waals surface area contributed by atoms with Crippen LogP contribution in [-0.4, -0.2) is 20.5 Å². The number of rotatable bonds is 4. The largest absolute Gasteiger partial charge is 0.370 e. The Labute approximate surface area is 198 Å². The Morgan fingerprint density at radius 1 is 1.12 bits per heavy atom. The Kier molecular flexibility index (Phi) is 5.35. The number of aromatic nitrogens is 2. The summed E-state index contributed by atoms with van der Waals surface area (Å²) >= 11 is 7.51. The molecule has 0 atom stereocenters. The van der Waals surface area contributed by atoms with Crippen molar-refractivity contribution in [2.24, 2.45) is 0 Å². The first-order valence-corrected chi connectivity index (χ1v) is 11.7. The summed E-state index contributed by atoms with van der Waals surface area (Å²) in [6, 6.07) is 15.4. The third-order valence-corrected chi connectivity index (χ3v) is 7.28. The molecule has 5 rings (SSSR count). The van der Waals surface area contributed by atoms with Gasteiger partial charge in [0.1, 0.15) is 4.83 Å². The molecule has 0 spiro atoms. The van der Waals surface area contributed by atoms with Gasteiger partial charge >= 0.3 is 5.69 Å². The van der Waals surface area contributed by atoms with Gasteiger partial charge in [0.05, 0.1) is 29.8 Å². The fourth-order valence-electron chi connectivity index (χ4n) is 4.20. The summed E-state index contributed by atoms with van der Waals surface area (Å²) in [5.41, 5.74) is 0.340. The van der Waals surface area contributed by atoms with Crippen LogP contribution in [-0.2, 0) is 24.3 Å². The van der Waals surface area contributed by atoms with Gasteiger partial charge in [-0.1, -0.05) is 48.0 Å². The molecule has 0 fully saturated rings. The molecule has 0 N–H and O–H groups in total. The molecule has 0 saturated heterocycles. The second-order valence-corrected chi connectivity index (χ2v) is 10.2. The standard InChI is InChI=1S/C25H21ClN2O4S/c1-25(2)12-18-20(14-32-25)33-23-21(18)22(30)28(17-10-6-9-16(26)11-17)24(31)27(23)13-19(29)15-7-4-3-5-8-15/h3-11H,12-14H2,1-2H3. The maximum absolute atomic E-state index is 13.7. The Morgan fingerprint density at radius 3 is 2.61 bits per heavy atom. The third-order valence-electron chi connectivity index (χ3n) is 5.82. The zero-order chi connectivity index (χ0) is 23.3. The quantitative estimate of drug-likeness (QED) is 0.400. The normalized spacial score (nSPS) is 14.9. The molecule has 2 aromatic carbocycles. The summed E-state index contributed by atoms with van der Waals surface area (Å²) in [5, 5.41) is 0.875. The Bertz CT molecular complexity index is 1520. The van der Waals surface area contributed by atoms with Crippen LogP contribution in [0.1, 0.15) is 34.6 Å². The number of ether oxygens (including phenoxy) is 1. The topological polar surface area (TPSA) is 70.3 Å². The van der Waals surface area contributed by atoms with Gasteiger partial charge in [-0.15, -0.1) is 11.3 Å². The molecule has 4 aromatic rings. The van der Waals surface area contributed by atoms with Crippen molar-refractivity contribution in [3.8, 4) is 5.69 Å². The summed E-state index contributed by atoms with van der Waals surface area (Å²) in [6.07, 6.45) is 0.540. The maximum atomic E-state index is 13.7. The zero-order valence-electron chi connectivity index (χ0n) is 18.1. The highest BCUT2D eigenvalue weighted by atomic mass is 35.5. The lowest BCUT2D eigenvalue weighted by Gasteiger charge is -2.29. The van der Waals surface area contributed by atoms with Crippen molar-refractivity contribution in [3.05, 3.63) is 96.5 Å². The highest BCUT2D eigenvalue weighted by Gasteiger charge is 2.32. The van der Waals surface area contributed by atoms with E-state index < -0.39 is 16.9 Å². The number of carbonyl (C=O) groups excluding carboxylic acids is 1. The molecule has 8 heteroatoms. The smallest absolute Gasteiger partial charge is 0.337 e. The van der Waals surface area contributed by atoms with Crippen molar-refractivity contribution in [3.63, 3.8) is 0 Å². The molecule has 168 valence electrons. The third kappa shape index (κ3) is 3.86. The molecule has 1 aliphatic rings. The minimum absolute atomic E-state index is 0.177. The fraction of sp³-hybridized carbons (Fsp3) is 0.240. The van der Waals surface area contributed by atoms with E-state index in [1.54, 1.807) is 48.5 Å². The fourth-order valence-corrected chi connectivity index (χ4v) is 5.60. The number of fused-ring (bicyclic) bond motifs is 3. The molecule has 3 heterocycles. The number of hydrogen-bond acceptors (Lipinski definition) is 5. The average molecular weight is 481 g/mol. The van der Waals surface area contributed by atoms with Gasteiger partial charge in [-0.3, -0.25) is 14.2 Å². The molecule has 33 heavy (non-hydrogen) atoms. The van der Waals surface area contributed by atoms with Crippen molar-refractivity contribution in [2.75, 3.05) is 0 Å². The number of halogens is 1. The second-order valence-electron chi connectivity index (χ2n) is 8.69. The number of carbonyl (C=O) groups is 1. The molecule has 0 aliphatic carbocycles. The predicted octanol–water partition coefficient (Wildman–Crippen LogP) is 4.60. The molecule has 2 aromatic heterocycles. The van der Waals surface area contributed by atoms with Crippen LogP contribution in [0.3, 0.4) is 0 Å². The van der Waals surface area contributed by atoms with Crippen molar-refractivity contribution < 1.29 is 9.53 Å². The van der Waals surface area contributed by atoms with Crippen LogP contribution in [0.5, 0.6) is 0 Å². The number of thiophene rings is 1. The Hall–Kier alpha value is -3.00. The van der Waals surface area contributed by atoms with Gasteiger partial charge in [0, 0.05) is 21.9 Å². The number of benzene rings is 2. The van der Waals surface area contributed by atoms with Crippen molar-refractivity contribution in [1.82, 2.24) is 9.13 Å². The minimum atomic E-state index is -0.571. The molecule has 0 unspecified atom stereocenters. The lowest BCUT2D eigenvalue weighted by atomic mass is 9.94. The molecule has 0 saturated carbocycles. The Morgan fingerprint density at radius 2 is 1.88 bits per heavy atom. The van der Waals surface area contributed by atoms with E-state index in [9.17, 15) is 14.4 Å². The summed E-state index contributed by atoms with van der Waals surface area (Å²) < 4.78 is 8.46. The Balaban J connectivity index is 1.80. The van der Waals surface area contributed by atoms with Gasteiger partial charge < -0.3 is 4.74 Å². The van der Waals surface area contributed by atoms with Gasteiger partial charge in [0.15, 0.2) is 5.78 Å². The van der Waals surface area contributed by atoms with Crippen molar-refractivity contribution >= 4 is 38.9 Å². The van der Waals surface area contributed by atoms with E-state index in [0.29, 0.717) is 39.5 Å². The van der Waals surface area contributed by atoms with Crippen LogP contribution in [0.25, 0.3) is 15.9 Å². The molecular formula is C25H21ClN2O4S. The van der Waals surface area contributed by atoms with Crippen molar-refractivity contribution in [2.45, 2.75) is 39.0 Å². The molecule has 0 amide bonds. The molecule has 6 nitrogen and oxygen atoms in total. The van der Waals surface area contributed by atoms with Crippen LogP contribution in [0.2, 0.25) is 5.02 Å². The van der Waals surface area contributed by atoms with Gasteiger partial charge in [-0.25, -0.2) is 9.36 Å². The SMILES string of the molecule is CC1(C)Cc2c(sc3c2c(=O)n(-c2cccc(Cl)c2)c(=O)n3CC(=O)c2ccccc2)CO1. The highest BCUT2D eigenvalue weighted by molar-refractivity contribution is 7.18. The van der Waals surface area contributed by atoms with Gasteiger partial charge in [-0.05, 0) is 37.6 Å².